The predicted octanol–water partition coefficient (Wildman–Crippen LogP) is 4.32. The first-order valence-electron chi connectivity index (χ1n) is 7.44. The lowest BCUT2D eigenvalue weighted by Crippen LogP contribution is -1.95. The quantitative estimate of drug-likeness (QED) is 0.407. The molecule has 8 nitrogen and oxygen atoms in total. The van der Waals surface area contributed by atoms with Crippen LogP contribution in [-0.4, -0.2) is 23.0 Å². The molecule has 1 heterocycles. The fraction of sp³-hybridized carbons (Fsp3) is 0.118. The molecule has 0 saturated heterocycles. The normalized spacial score (nSPS) is 11.1. The zero-order valence-electron chi connectivity index (χ0n) is 13.6. The zero-order valence-corrected chi connectivity index (χ0v) is 14.4. The number of azo groups is 1. The number of hydrogen-bond acceptors (Lipinski definition) is 7. The number of carbonyl (C=O) groups excluding carboxylic acids is 1. The smallest absolute Gasteiger partial charge is 0.315 e. The molecule has 3 rings (SSSR count). The number of aromatic hydroxyl groups is 1. The van der Waals surface area contributed by atoms with Crippen molar-refractivity contribution in [1.82, 2.24) is 0 Å². The Hall–Kier alpha value is -3.33. The average Bonchev–Trinajstić information content (AvgIpc) is 3.06. The lowest BCUT2D eigenvalue weighted by molar-refractivity contribution is -0.386. The molecule has 3 aromatic rings. The number of rotatable bonds is 5. The van der Waals surface area contributed by atoms with Crippen LogP contribution in [0.15, 0.2) is 52.7 Å². The highest BCUT2D eigenvalue weighted by molar-refractivity contribution is 7.20. The summed E-state index contributed by atoms with van der Waals surface area (Å²) in [5, 5.41) is 29.1. The van der Waals surface area contributed by atoms with Gasteiger partial charge in [0.2, 0.25) is 5.75 Å². The lowest BCUT2D eigenvalue weighted by Gasteiger charge is -2.05. The summed E-state index contributed by atoms with van der Waals surface area (Å²) >= 11 is 1.32. The summed E-state index contributed by atoms with van der Waals surface area (Å²) in [6.45, 7) is -0.0614. The predicted molar refractivity (Wildman–Crippen MR) is 96.0 cm³/mol. The molecular weight excluding hydrogens is 358 g/mol. The molecule has 132 valence electrons. The van der Waals surface area contributed by atoms with Crippen molar-refractivity contribution in [2.75, 3.05) is 7.11 Å². The number of carbonyl (C=O) groups is 1. The second-order valence-electron chi connectivity index (χ2n) is 5.28. The highest BCUT2D eigenvalue weighted by Gasteiger charge is 2.19. The molecule has 0 spiro atoms. The van der Waals surface area contributed by atoms with Crippen molar-refractivity contribution < 1.29 is 19.6 Å². The van der Waals surface area contributed by atoms with Crippen LogP contribution in [0.5, 0.6) is 11.5 Å². The SMILES string of the molecule is COc1cc(CN=NC(=O)c2cc3ccccc3s2)cc([N+](=O)[O-])c1O. The number of methoxy groups -OCH3 is 1. The average molecular weight is 371 g/mol. The molecule has 9 heteroatoms. The minimum Gasteiger partial charge on any atom is -0.500 e. The largest absolute Gasteiger partial charge is 0.500 e. The second-order valence-corrected chi connectivity index (χ2v) is 6.36. The number of amides is 1. The van der Waals surface area contributed by atoms with E-state index in [0.29, 0.717) is 10.4 Å². The third-order valence-corrected chi connectivity index (χ3v) is 4.69. The van der Waals surface area contributed by atoms with Gasteiger partial charge in [-0.3, -0.25) is 14.9 Å². The topological polar surface area (TPSA) is 114 Å². The van der Waals surface area contributed by atoms with Crippen LogP contribution in [0.3, 0.4) is 0 Å². The number of benzene rings is 2. The second kappa shape index (κ2) is 7.28. The highest BCUT2D eigenvalue weighted by atomic mass is 32.1. The molecule has 26 heavy (non-hydrogen) atoms. The monoisotopic (exact) mass is 371 g/mol. The van der Waals surface area contributed by atoms with E-state index < -0.39 is 22.3 Å². The maximum Gasteiger partial charge on any atom is 0.315 e. The van der Waals surface area contributed by atoms with E-state index in [-0.39, 0.29) is 12.3 Å². The minimum absolute atomic E-state index is 0.0415. The van der Waals surface area contributed by atoms with E-state index >= 15 is 0 Å². The van der Waals surface area contributed by atoms with Crippen LogP contribution in [-0.2, 0) is 6.54 Å². The number of ether oxygens (including phenoxy) is 1. The molecule has 1 amide bonds. The van der Waals surface area contributed by atoms with E-state index in [9.17, 15) is 20.0 Å². The molecule has 0 aliphatic carbocycles. The van der Waals surface area contributed by atoms with Gasteiger partial charge in [0.25, 0.3) is 0 Å². The summed E-state index contributed by atoms with van der Waals surface area (Å²) in [5.74, 6) is -1.08. The minimum atomic E-state index is -0.721. The van der Waals surface area contributed by atoms with Crippen LogP contribution in [0.2, 0.25) is 0 Å². The van der Waals surface area contributed by atoms with Gasteiger partial charge in [0, 0.05) is 10.8 Å². The number of phenols is 1. The first-order valence-corrected chi connectivity index (χ1v) is 8.26. The van der Waals surface area contributed by atoms with Crippen molar-refractivity contribution >= 4 is 33.0 Å². The molecule has 0 saturated carbocycles. The molecule has 1 N–H and O–H groups in total. The van der Waals surface area contributed by atoms with Gasteiger partial charge in [-0.15, -0.1) is 16.5 Å². The number of hydrogen-bond donors (Lipinski definition) is 1. The molecule has 0 radical (unpaired) electrons. The summed E-state index contributed by atoms with van der Waals surface area (Å²) in [6, 6.07) is 11.9. The van der Waals surface area contributed by atoms with Crippen molar-refractivity contribution in [3.63, 3.8) is 0 Å². The number of nitrogens with zero attached hydrogens (tertiary/aromatic N) is 3. The summed E-state index contributed by atoms with van der Waals surface area (Å²) in [7, 11) is 1.29. The van der Waals surface area contributed by atoms with Crippen LogP contribution in [0.4, 0.5) is 5.69 Å². The van der Waals surface area contributed by atoms with E-state index in [1.807, 2.05) is 24.3 Å². The maximum absolute atomic E-state index is 12.1. The van der Waals surface area contributed by atoms with Gasteiger partial charge in [-0.05, 0) is 29.1 Å². The third kappa shape index (κ3) is 3.52. The fourth-order valence-electron chi connectivity index (χ4n) is 2.35. The molecule has 0 atom stereocenters. The van der Waals surface area contributed by atoms with Crippen LogP contribution in [0.25, 0.3) is 10.1 Å². The fourth-order valence-corrected chi connectivity index (χ4v) is 3.29. The first-order chi connectivity index (χ1) is 12.5. The van der Waals surface area contributed by atoms with Crippen LogP contribution in [0.1, 0.15) is 15.2 Å². The Morgan fingerprint density at radius 2 is 2.08 bits per heavy atom. The molecule has 0 aliphatic rings. The molecular formula is C17H13N3O5S. The standard InChI is InChI=1S/C17H13N3O5S/c1-25-13-7-10(6-12(16(13)21)20(23)24)9-18-19-17(22)15-8-11-4-2-3-5-14(11)26-15/h2-8,21H,9H2,1H3. The van der Waals surface area contributed by atoms with E-state index in [1.54, 1.807) is 6.07 Å². The number of thiophene rings is 1. The number of phenolic OH excluding ortho intramolecular Hbond substituents is 1. The van der Waals surface area contributed by atoms with E-state index in [4.69, 9.17) is 4.74 Å². The van der Waals surface area contributed by atoms with E-state index in [1.165, 1.54) is 30.6 Å². The summed E-state index contributed by atoms with van der Waals surface area (Å²) < 4.78 is 5.89. The van der Waals surface area contributed by atoms with Gasteiger partial charge in [0.05, 0.1) is 23.5 Å². The molecule has 0 fully saturated rings. The van der Waals surface area contributed by atoms with Gasteiger partial charge < -0.3 is 9.84 Å². The van der Waals surface area contributed by atoms with Gasteiger partial charge in [0.1, 0.15) is 0 Å². The Morgan fingerprint density at radius 3 is 2.77 bits per heavy atom. The molecule has 1 aromatic heterocycles. The van der Waals surface area contributed by atoms with Crippen LogP contribution >= 0.6 is 11.3 Å². The van der Waals surface area contributed by atoms with Crippen LogP contribution < -0.4 is 4.74 Å². The lowest BCUT2D eigenvalue weighted by atomic mass is 10.1. The third-order valence-electron chi connectivity index (χ3n) is 3.58. The molecule has 2 aromatic carbocycles. The van der Waals surface area contributed by atoms with Gasteiger partial charge in [0.15, 0.2) is 5.75 Å². The van der Waals surface area contributed by atoms with Gasteiger partial charge in [-0.1, -0.05) is 18.2 Å². The molecule has 0 aliphatic heterocycles. The zero-order chi connectivity index (χ0) is 18.7. The first kappa shape index (κ1) is 17.5. The Balaban J connectivity index is 1.78. The van der Waals surface area contributed by atoms with Crippen LogP contribution in [0, 0.1) is 10.1 Å². The van der Waals surface area contributed by atoms with Crippen molar-refractivity contribution in [2.45, 2.75) is 6.54 Å². The summed E-state index contributed by atoms with van der Waals surface area (Å²) in [5.41, 5.74) is -0.107. The van der Waals surface area contributed by atoms with Crippen molar-refractivity contribution in [3.05, 3.63) is 63.0 Å². The van der Waals surface area contributed by atoms with E-state index in [0.717, 1.165) is 10.1 Å². The van der Waals surface area contributed by atoms with Gasteiger partial charge in [-0.2, -0.15) is 5.11 Å². The van der Waals surface area contributed by atoms with Crippen molar-refractivity contribution in [1.29, 1.82) is 0 Å². The molecule has 0 bridgehead atoms. The Kier molecular flexibility index (Phi) is 4.90. The van der Waals surface area contributed by atoms with E-state index in [2.05, 4.69) is 10.2 Å². The summed E-state index contributed by atoms with van der Waals surface area (Å²) in [4.78, 5) is 22.9. The maximum atomic E-state index is 12.1. The Morgan fingerprint density at radius 1 is 1.31 bits per heavy atom. The Bertz CT molecular complexity index is 995. The highest BCUT2D eigenvalue weighted by Crippen LogP contribution is 2.37. The van der Waals surface area contributed by atoms with Gasteiger partial charge >= 0.3 is 11.6 Å². The van der Waals surface area contributed by atoms with Gasteiger partial charge in [-0.25, -0.2) is 0 Å². The van der Waals surface area contributed by atoms with Crippen molar-refractivity contribution in [3.8, 4) is 11.5 Å². The number of nitro benzene ring substituents is 1. The number of nitro groups is 1. The Labute approximate surface area is 151 Å². The van der Waals surface area contributed by atoms with Crippen molar-refractivity contribution in [2.24, 2.45) is 10.2 Å². The summed E-state index contributed by atoms with van der Waals surface area (Å²) in [6.07, 6.45) is 0. The molecule has 0 unspecified atom stereocenters. The number of fused-ring (bicyclic) bond motifs is 1.